The number of ether oxygens (including phenoxy) is 1. The normalized spacial score (nSPS) is 16.7. The molecule has 1 aliphatic carbocycles. The van der Waals surface area contributed by atoms with E-state index in [1.165, 1.54) is 0 Å². The molecule has 0 bridgehead atoms. The quantitative estimate of drug-likeness (QED) is 0.231. The van der Waals surface area contributed by atoms with E-state index in [0.29, 0.717) is 37.8 Å². The molecule has 3 rings (SSSR count). The summed E-state index contributed by atoms with van der Waals surface area (Å²) < 4.78 is 5.38. The van der Waals surface area contributed by atoms with Crippen molar-refractivity contribution in [1.82, 2.24) is 9.97 Å². The van der Waals surface area contributed by atoms with Crippen LogP contribution in [0.1, 0.15) is 29.7 Å². The zero-order valence-electron chi connectivity index (χ0n) is 16.7. The maximum absolute atomic E-state index is 12.5. The first kappa shape index (κ1) is 21.0. The standard InChI is InChI=1S/C23H22N4O3/c1-3-5-17(12-16-6-7-16)19(24)14-22-25-20(21(29)13-18(28)4-2)15-23(26-22)27-8-10-30-11-9-27/h2-3,5,12,14-16H,8-11,13,24H2,1H3/b5-3-,17-12+,19-14-. The van der Waals surface area contributed by atoms with E-state index in [0.717, 1.165) is 5.57 Å². The number of rotatable bonds is 8. The fourth-order valence-corrected chi connectivity index (χ4v) is 2.86. The minimum absolute atomic E-state index is 0.0515. The number of ketones is 2. The first-order chi connectivity index (χ1) is 14.5. The van der Waals surface area contributed by atoms with Crippen molar-refractivity contribution in [2.45, 2.75) is 13.3 Å². The van der Waals surface area contributed by atoms with Gasteiger partial charge in [0.2, 0.25) is 5.78 Å². The Bertz CT molecular complexity index is 1040. The van der Waals surface area contributed by atoms with Gasteiger partial charge in [-0.3, -0.25) is 9.59 Å². The molecule has 7 heteroatoms. The number of nitrogens with two attached hydrogens (primary N) is 1. The molecular weight excluding hydrogens is 380 g/mol. The van der Waals surface area contributed by atoms with E-state index in [1.807, 2.05) is 36.0 Å². The Labute approximate surface area is 175 Å². The molecule has 0 atom stereocenters. The van der Waals surface area contributed by atoms with E-state index < -0.39 is 18.0 Å². The molecule has 1 saturated heterocycles. The van der Waals surface area contributed by atoms with Crippen LogP contribution in [0.3, 0.4) is 0 Å². The molecule has 0 aromatic carbocycles. The van der Waals surface area contributed by atoms with Crippen molar-refractivity contribution in [2.75, 3.05) is 31.2 Å². The predicted molar refractivity (Wildman–Crippen MR) is 114 cm³/mol. The third kappa shape index (κ3) is 5.66. The number of aromatic nitrogens is 2. The number of carbonyl (C=O) groups excluding carboxylic acids is 2. The van der Waals surface area contributed by atoms with Crippen molar-refractivity contribution in [1.29, 1.82) is 0 Å². The van der Waals surface area contributed by atoms with Gasteiger partial charge < -0.3 is 15.4 Å². The SMILES string of the molecule is C#CC(=O)CC(=O)c1cc(N2CCOCC2)nc(/C=C(N)/C(/C=C\C)=C/C2C#C2)n1. The number of terminal acetylenes is 1. The molecule has 0 radical (unpaired) electrons. The second-order valence-electron chi connectivity index (χ2n) is 6.72. The van der Waals surface area contributed by atoms with Gasteiger partial charge >= 0.3 is 0 Å². The van der Waals surface area contributed by atoms with E-state index in [9.17, 15) is 9.59 Å². The van der Waals surface area contributed by atoms with E-state index in [4.69, 9.17) is 16.9 Å². The summed E-state index contributed by atoms with van der Waals surface area (Å²) in [6.45, 7) is 4.28. The average Bonchev–Trinajstić information content (AvgIpc) is 3.57. The molecule has 7 nitrogen and oxygen atoms in total. The number of hydrogen-bond donors (Lipinski definition) is 1. The van der Waals surface area contributed by atoms with Crippen LogP contribution in [0.15, 0.2) is 35.6 Å². The summed E-state index contributed by atoms with van der Waals surface area (Å²) in [7, 11) is 0. The zero-order valence-corrected chi connectivity index (χ0v) is 16.7. The molecule has 30 heavy (non-hydrogen) atoms. The number of anilines is 1. The number of allylic oxidation sites excluding steroid dienone is 3. The lowest BCUT2D eigenvalue weighted by Crippen LogP contribution is -2.37. The van der Waals surface area contributed by atoms with Crippen molar-refractivity contribution < 1.29 is 14.3 Å². The van der Waals surface area contributed by atoms with Crippen LogP contribution in [-0.4, -0.2) is 47.8 Å². The average molecular weight is 402 g/mol. The number of hydrogen-bond acceptors (Lipinski definition) is 7. The van der Waals surface area contributed by atoms with Crippen molar-refractivity contribution in [3.8, 4) is 24.2 Å². The lowest BCUT2D eigenvalue weighted by molar-refractivity contribution is -0.113. The molecule has 1 aliphatic heterocycles. The highest BCUT2D eigenvalue weighted by atomic mass is 16.5. The molecule has 0 unspecified atom stereocenters. The molecule has 2 heterocycles. The Kier molecular flexibility index (Phi) is 6.79. The summed E-state index contributed by atoms with van der Waals surface area (Å²) in [5.41, 5.74) is 7.63. The van der Waals surface area contributed by atoms with E-state index in [2.05, 4.69) is 21.8 Å². The summed E-state index contributed by atoms with van der Waals surface area (Å²) in [4.78, 5) is 34.9. The second kappa shape index (κ2) is 9.69. The van der Waals surface area contributed by atoms with Crippen molar-refractivity contribution in [2.24, 2.45) is 11.7 Å². The summed E-state index contributed by atoms with van der Waals surface area (Å²) in [6.07, 6.45) is 12.0. The fourth-order valence-electron chi connectivity index (χ4n) is 2.86. The summed E-state index contributed by atoms with van der Waals surface area (Å²) in [5, 5.41) is 0. The van der Waals surface area contributed by atoms with Crippen LogP contribution < -0.4 is 10.6 Å². The Balaban J connectivity index is 1.97. The van der Waals surface area contributed by atoms with Gasteiger partial charge in [0.05, 0.1) is 19.6 Å². The largest absolute Gasteiger partial charge is 0.398 e. The Morgan fingerprint density at radius 3 is 2.73 bits per heavy atom. The maximum Gasteiger partial charge on any atom is 0.213 e. The van der Waals surface area contributed by atoms with E-state index in [-0.39, 0.29) is 17.4 Å². The molecule has 0 saturated carbocycles. The minimum Gasteiger partial charge on any atom is -0.398 e. The summed E-state index contributed by atoms with van der Waals surface area (Å²) in [5.74, 6) is 7.72. The summed E-state index contributed by atoms with van der Waals surface area (Å²) >= 11 is 0. The van der Waals surface area contributed by atoms with Crippen LogP contribution in [0.2, 0.25) is 0 Å². The molecule has 2 aliphatic rings. The molecule has 1 aromatic rings. The van der Waals surface area contributed by atoms with Gasteiger partial charge in [-0.05, 0) is 24.5 Å². The van der Waals surface area contributed by atoms with Crippen LogP contribution in [0.25, 0.3) is 6.08 Å². The smallest absolute Gasteiger partial charge is 0.213 e. The highest BCUT2D eigenvalue weighted by Crippen LogP contribution is 2.20. The van der Waals surface area contributed by atoms with Crippen molar-refractivity contribution in [3.63, 3.8) is 0 Å². The topological polar surface area (TPSA) is 98.4 Å². The maximum atomic E-state index is 12.5. The van der Waals surface area contributed by atoms with Crippen molar-refractivity contribution in [3.05, 3.63) is 47.1 Å². The Morgan fingerprint density at radius 2 is 2.10 bits per heavy atom. The van der Waals surface area contributed by atoms with E-state index in [1.54, 1.807) is 12.1 Å². The molecule has 0 amide bonds. The van der Waals surface area contributed by atoms with Crippen LogP contribution in [0.5, 0.6) is 0 Å². The number of nitrogens with zero attached hydrogens (tertiary/aromatic N) is 3. The van der Waals surface area contributed by atoms with Crippen LogP contribution in [0, 0.1) is 30.1 Å². The van der Waals surface area contributed by atoms with Gasteiger partial charge in [0.25, 0.3) is 0 Å². The lowest BCUT2D eigenvalue weighted by atomic mass is 10.1. The van der Waals surface area contributed by atoms with Gasteiger partial charge in [-0.2, -0.15) is 0 Å². The molecule has 1 aromatic heterocycles. The number of carbonyl (C=O) groups is 2. The van der Waals surface area contributed by atoms with Gasteiger partial charge in [-0.15, -0.1) is 6.42 Å². The van der Waals surface area contributed by atoms with Crippen LogP contribution >= 0.6 is 0 Å². The molecule has 152 valence electrons. The highest BCUT2D eigenvalue weighted by molar-refractivity contribution is 6.12. The van der Waals surface area contributed by atoms with Crippen molar-refractivity contribution >= 4 is 23.5 Å². The van der Waals surface area contributed by atoms with E-state index >= 15 is 0 Å². The van der Waals surface area contributed by atoms with Gasteiger partial charge in [-0.1, -0.05) is 24.0 Å². The number of morpholine rings is 1. The zero-order chi connectivity index (χ0) is 21.5. The van der Waals surface area contributed by atoms with Crippen LogP contribution in [0.4, 0.5) is 5.82 Å². The second-order valence-corrected chi connectivity index (χ2v) is 6.72. The fraction of sp³-hybridized carbons (Fsp3) is 0.304. The Morgan fingerprint density at radius 1 is 1.37 bits per heavy atom. The first-order valence-corrected chi connectivity index (χ1v) is 9.57. The molecular formula is C23H22N4O3. The minimum atomic E-state index is -0.592. The molecule has 2 N–H and O–H groups in total. The molecule has 0 spiro atoms. The highest BCUT2D eigenvalue weighted by Gasteiger charge is 2.19. The first-order valence-electron chi connectivity index (χ1n) is 9.57. The van der Waals surface area contributed by atoms with Gasteiger partial charge in [0.15, 0.2) is 11.6 Å². The predicted octanol–water partition coefficient (Wildman–Crippen LogP) is 1.52. The van der Waals surface area contributed by atoms with Gasteiger partial charge in [0, 0.05) is 30.9 Å². The van der Waals surface area contributed by atoms with Crippen LogP contribution in [-0.2, 0) is 9.53 Å². The molecule has 1 fully saturated rings. The third-order valence-electron chi connectivity index (χ3n) is 4.45. The summed E-state index contributed by atoms with van der Waals surface area (Å²) in [6, 6.07) is 1.58. The lowest BCUT2D eigenvalue weighted by Gasteiger charge is -2.28. The van der Waals surface area contributed by atoms with Gasteiger partial charge in [-0.25, -0.2) is 9.97 Å². The monoisotopic (exact) mass is 402 g/mol. The number of Topliss-reactive ketones (excluding diaryl/α,β-unsaturated/α-hetero) is 2. The third-order valence-corrected chi connectivity index (χ3v) is 4.45. The van der Waals surface area contributed by atoms with Gasteiger partial charge in [0.1, 0.15) is 17.4 Å². The Hall–Kier alpha value is -3.68.